The number of hydrogen-bond acceptors (Lipinski definition) is 2. The van der Waals surface area contributed by atoms with E-state index in [2.05, 4.69) is 25.7 Å². The number of β-amino-alcohol motifs (C(OH)–C–C–N with tert-alkyl or cyclic N) is 1. The molecule has 0 amide bonds. The Bertz CT molecular complexity index is 154. The van der Waals surface area contributed by atoms with Gasteiger partial charge in [0.1, 0.15) is 0 Å². The van der Waals surface area contributed by atoms with E-state index in [1.807, 2.05) is 0 Å². The van der Waals surface area contributed by atoms with Crippen molar-refractivity contribution in [3.8, 4) is 0 Å². The molecule has 1 aliphatic heterocycles. The Hall–Kier alpha value is -0.0800. The van der Waals surface area contributed by atoms with Crippen molar-refractivity contribution < 1.29 is 5.11 Å². The minimum Gasteiger partial charge on any atom is -0.395 e. The van der Waals surface area contributed by atoms with Crippen LogP contribution in [0, 0.1) is 11.3 Å². The molecule has 0 spiro atoms. The van der Waals surface area contributed by atoms with E-state index in [9.17, 15) is 0 Å². The molecular formula is C12H25NO. The van der Waals surface area contributed by atoms with Crippen molar-refractivity contribution in [2.75, 3.05) is 26.2 Å². The molecule has 1 N–H and O–H groups in total. The monoisotopic (exact) mass is 199 g/mol. The molecule has 1 aliphatic rings. The maximum Gasteiger partial charge on any atom is 0.0558 e. The van der Waals surface area contributed by atoms with E-state index < -0.39 is 0 Å². The number of piperidine rings is 1. The number of rotatable bonds is 3. The number of aliphatic hydroxyl groups excluding tert-OH is 1. The number of aliphatic hydroxyl groups is 1. The van der Waals surface area contributed by atoms with E-state index in [-0.39, 0.29) is 0 Å². The van der Waals surface area contributed by atoms with Crippen LogP contribution in [0.1, 0.15) is 40.0 Å². The first-order valence-corrected chi connectivity index (χ1v) is 5.84. The Kier molecular flexibility index (Phi) is 4.39. The zero-order chi connectivity index (χ0) is 10.6. The third-order valence-corrected chi connectivity index (χ3v) is 3.02. The Morgan fingerprint density at radius 2 is 1.79 bits per heavy atom. The second kappa shape index (κ2) is 5.13. The van der Waals surface area contributed by atoms with Gasteiger partial charge < -0.3 is 10.0 Å². The first-order valence-electron chi connectivity index (χ1n) is 5.84. The first-order chi connectivity index (χ1) is 6.51. The molecule has 14 heavy (non-hydrogen) atoms. The second-order valence-electron chi connectivity index (χ2n) is 5.77. The van der Waals surface area contributed by atoms with E-state index >= 15 is 0 Å². The van der Waals surface area contributed by atoms with Crippen molar-refractivity contribution in [3.63, 3.8) is 0 Å². The molecule has 0 atom stereocenters. The molecule has 0 aromatic carbocycles. The molecule has 0 bridgehead atoms. The number of likely N-dealkylation sites (tertiary alicyclic amines) is 1. The molecule has 1 fully saturated rings. The molecule has 2 heteroatoms. The van der Waals surface area contributed by atoms with E-state index in [1.165, 1.54) is 32.4 Å². The summed E-state index contributed by atoms with van der Waals surface area (Å²) in [7, 11) is 0. The topological polar surface area (TPSA) is 23.5 Å². The lowest BCUT2D eigenvalue weighted by molar-refractivity contribution is 0.128. The Morgan fingerprint density at radius 1 is 1.21 bits per heavy atom. The van der Waals surface area contributed by atoms with Crippen LogP contribution in [0.4, 0.5) is 0 Å². The summed E-state index contributed by atoms with van der Waals surface area (Å²) < 4.78 is 0. The highest BCUT2D eigenvalue weighted by atomic mass is 16.3. The van der Waals surface area contributed by atoms with Gasteiger partial charge in [0.15, 0.2) is 0 Å². The van der Waals surface area contributed by atoms with Gasteiger partial charge in [-0.2, -0.15) is 0 Å². The van der Waals surface area contributed by atoms with Gasteiger partial charge in [-0.3, -0.25) is 0 Å². The van der Waals surface area contributed by atoms with Crippen molar-refractivity contribution in [2.45, 2.75) is 40.0 Å². The largest absolute Gasteiger partial charge is 0.395 e. The van der Waals surface area contributed by atoms with E-state index in [0.29, 0.717) is 12.0 Å². The van der Waals surface area contributed by atoms with Gasteiger partial charge >= 0.3 is 0 Å². The summed E-state index contributed by atoms with van der Waals surface area (Å²) in [5.74, 6) is 0.907. The normalized spacial score (nSPS) is 21.4. The summed E-state index contributed by atoms with van der Waals surface area (Å²) in [5.41, 5.74) is 0.476. The van der Waals surface area contributed by atoms with Crippen molar-refractivity contribution in [3.05, 3.63) is 0 Å². The highest BCUT2D eigenvalue weighted by Gasteiger charge is 2.23. The number of hydrogen-bond donors (Lipinski definition) is 1. The van der Waals surface area contributed by atoms with Gasteiger partial charge in [0, 0.05) is 6.54 Å². The van der Waals surface area contributed by atoms with Crippen LogP contribution in [0.15, 0.2) is 0 Å². The number of nitrogens with zero attached hydrogens (tertiary/aromatic N) is 1. The minimum absolute atomic E-state index is 0.309. The third-order valence-electron chi connectivity index (χ3n) is 3.02. The van der Waals surface area contributed by atoms with Gasteiger partial charge in [-0.25, -0.2) is 0 Å². The molecule has 1 rings (SSSR count). The lowest BCUT2D eigenvalue weighted by Crippen LogP contribution is -2.36. The Morgan fingerprint density at radius 3 is 2.21 bits per heavy atom. The second-order valence-corrected chi connectivity index (χ2v) is 5.77. The fourth-order valence-electron chi connectivity index (χ4n) is 2.42. The summed E-state index contributed by atoms with van der Waals surface area (Å²) in [4.78, 5) is 2.37. The molecule has 84 valence electrons. The third kappa shape index (κ3) is 4.43. The zero-order valence-electron chi connectivity index (χ0n) is 9.92. The summed E-state index contributed by atoms with van der Waals surface area (Å²) in [6, 6.07) is 0. The van der Waals surface area contributed by atoms with Gasteiger partial charge in [0.2, 0.25) is 0 Å². The fraction of sp³-hybridized carbons (Fsp3) is 1.00. The molecule has 0 radical (unpaired) electrons. The van der Waals surface area contributed by atoms with Crippen LogP contribution in [0.3, 0.4) is 0 Å². The van der Waals surface area contributed by atoms with Crippen LogP contribution in [-0.2, 0) is 0 Å². The van der Waals surface area contributed by atoms with Gasteiger partial charge in [-0.1, -0.05) is 20.8 Å². The quantitative estimate of drug-likeness (QED) is 0.752. The molecule has 0 aliphatic carbocycles. The first kappa shape index (κ1) is 12.0. The predicted molar refractivity (Wildman–Crippen MR) is 60.3 cm³/mol. The molecule has 0 aromatic rings. The van der Waals surface area contributed by atoms with Gasteiger partial charge in [0.05, 0.1) is 6.61 Å². The zero-order valence-corrected chi connectivity index (χ0v) is 9.92. The predicted octanol–water partition coefficient (Wildman–Crippen LogP) is 2.13. The standard InChI is InChI=1S/C12H25NO/c1-12(2,3)10-11-4-6-13(7-5-11)8-9-14/h11,14H,4-10H2,1-3H3. The molecular weight excluding hydrogens is 174 g/mol. The molecule has 0 aromatic heterocycles. The lowest BCUT2D eigenvalue weighted by atomic mass is 9.80. The van der Waals surface area contributed by atoms with Crippen LogP contribution >= 0.6 is 0 Å². The smallest absolute Gasteiger partial charge is 0.0558 e. The molecule has 1 saturated heterocycles. The van der Waals surface area contributed by atoms with E-state index in [4.69, 9.17) is 5.11 Å². The molecule has 0 saturated carbocycles. The van der Waals surface area contributed by atoms with Crippen LogP contribution in [0.5, 0.6) is 0 Å². The van der Waals surface area contributed by atoms with Crippen molar-refractivity contribution >= 4 is 0 Å². The lowest BCUT2D eigenvalue weighted by Gasteiger charge is -2.34. The highest BCUT2D eigenvalue weighted by Crippen LogP contribution is 2.30. The average Bonchev–Trinajstić information content (AvgIpc) is 2.06. The fourth-order valence-corrected chi connectivity index (χ4v) is 2.42. The minimum atomic E-state index is 0.309. The molecule has 0 unspecified atom stereocenters. The summed E-state index contributed by atoms with van der Waals surface area (Å²) in [6.45, 7) is 10.5. The van der Waals surface area contributed by atoms with Gasteiger partial charge in [-0.05, 0) is 43.7 Å². The van der Waals surface area contributed by atoms with Crippen LogP contribution in [0.25, 0.3) is 0 Å². The summed E-state index contributed by atoms with van der Waals surface area (Å²) >= 11 is 0. The SMILES string of the molecule is CC(C)(C)CC1CCN(CCO)CC1. The van der Waals surface area contributed by atoms with E-state index in [0.717, 1.165) is 12.5 Å². The maximum absolute atomic E-state index is 8.83. The molecule has 1 heterocycles. The highest BCUT2D eigenvalue weighted by molar-refractivity contribution is 4.76. The van der Waals surface area contributed by atoms with Gasteiger partial charge in [0.25, 0.3) is 0 Å². The Balaban J connectivity index is 2.22. The average molecular weight is 199 g/mol. The van der Waals surface area contributed by atoms with Crippen LogP contribution in [-0.4, -0.2) is 36.2 Å². The summed E-state index contributed by atoms with van der Waals surface area (Å²) in [6.07, 6.45) is 3.98. The van der Waals surface area contributed by atoms with Crippen molar-refractivity contribution in [1.29, 1.82) is 0 Å². The molecule has 2 nitrogen and oxygen atoms in total. The van der Waals surface area contributed by atoms with Crippen LogP contribution in [0.2, 0.25) is 0 Å². The maximum atomic E-state index is 8.83. The van der Waals surface area contributed by atoms with Crippen molar-refractivity contribution in [1.82, 2.24) is 4.90 Å². The van der Waals surface area contributed by atoms with E-state index in [1.54, 1.807) is 0 Å². The van der Waals surface area contributed by atoms with Gasteiger partial charge in [-0.15, -0.1) is 0 Å². The Labute approximate surface area is 88.3 Å². The van der Waals surface area contributed by atoms with Crippen molar-refractivity contribution in [2.24, 2.45) is 11.3 Å². The van der Waals surface area contributed by atoms with Crippen LogP contribution < -0.4 is 0 Å². The summed E-state index contributed by atoms with van der Waals surface area (Å²) in [5, 5.41) is 8.83.